The van der Waals surface area contributed by atoms with E-state index in [1.807, 2.05) is 0 Å². The van der Waals surface area contributed by atoms with Crippen LogP contribution in [-0.4, -0.2) is 30.6 Å². The van der Waals surface area contributed by atoms with Crippen molar-refractivity contribution in [3.63, 3.8) is 0 Å². The highest BCUT2D eigenvalue weighted by Crippen LogP contribution is 2.28. The summed E-state index contributed by atoms with van der Waals surface area (Å²) in [5.74, 6) is 0.320. The number of carbonyl (C=O) groups excluding carboxylic acids is 1. The number of anilines is 1. The first kappa shape index (κ1) is 16.2. The first-order valence-corrected chi connectivity index (χ1v) is 6.19. The number of halogens is 1. The number of hydrogen-bond donors (Lipinski definition) is 2. The molecule has 1 atom stereocenters. The fourth-order valence-electron chi connectivity index (χ4n) is 1.52. The Morgan fingerprint density at radius 1 is 1.45 bits per heavy atom. The van der Waals surface area contributed by atoms with Crippen molar-refractivity contribution in [1.29, 1.82) is 0 Å². The Bertz CT molecular complexity index is 471. The zero-order valence-electron chi connectivity index (χ0n) is 12.1. The van der Waals surface area contributed by atoms with Gasteiger partial charge >= 0.3 is 6.09 Å². The van der Waals surface area contributed by atoms with E-state index in [-0.39, 0.29) is 0 Å². The smallest absolute Gasteiger partial charge is 0.412 e. The van der Waals surface area contributed by atoms with E-state index in [9.17, 15) is 14.3 Å². The number of benzene rings is 1. The van der Waals surface area contributed by atoms with E-state index in [0.717, 1.165) is 0 Å². The summed E-state index contributed by atoms with van der Waals surface area (Å²) >= 11 is 0. The van der Waals surface area contributed by atoms with Crippen LogP contribution in [0.2, 0.25) is 0 Å². The Morgan fingerprint density at radius 3 is 2.60 bits per heavy atom. The van der Waals surface area contributed by atoms with Crippen LogP contribution >= 0.6 is 0 Å². The van der Waals surface area contributed by atoms with E-state index in [2.05, 4.69) is 5.32 Å². The van der Waals surface area contributed by atoms with Crippen LogP contribution in [0.1, 0.15) is 32.4 Å². The van der Waals surface area contributed by atoms with Gasteiger partial charge in [-0.25, -0.2) is 9.18 Å². The van der Waals surface area contributed by atoms with E-state index in [1.54, 1.807) is 20.8 Å². The van der Waals surface area contributed by atoms with Gasteiger partial charge in [-0.05, 0) is 38.5 Å². The molecule has 1 rings (SSSR count). The van der Waals surface area contributed by atoms with Crippen molar-refractivity contribution in [3.05, 3.63) is 23.8 Å². The summed E-state index contributed by atoms with van der Waals surface area (Å²) in [6.07, 6.45) is -1.82. The summed E-state index contributed by atoms with van der Waals surface area (Å²) in [5.41, 5.74) is 0.150. The van der Waals surface area contributed by atoms with Gasteiger partial charge in [-0.15, -0.1) is 0 Å². The molecule has 1 unspecified atom stereocenters. The summed E-state index contributed by atoms with van der Waals surface area (Å²) in [4.78, 5) is 11.7. The lowest BCUT2D eigenvalue weighted by atomic mass is 10.1. The third-order valence-electron chi connectivity index (χ3n) is 2.39. The molecule has 20 heavy (non-hydrogen) atoms. The van der Waals surface area contributed by atoms with Gasteiger partial charge in [0.05, 0.1) is 12.8 Å². The lowest BCUT2D eigenvalue weighted by Gasteiger charge is -2.20. The molecular weight excluding hydrogens is 265 g/mol. The minimum Gasteiger partial charge on any atom is -0.495 e. The highest BCUT2D eigenvalue weighted by Gasteiger charge is 2.18. The monoisotopic (exact) mass is 285 g/mol. The van der Waals surface area contributed by atoms with Crippen LogP contribution in [0, 0.1) is 0 Å². The van der Waals surface area contributed by atoms with Crippen LogP contribution in [-0.2, 0) is 4.74 Å². The van der Waals surface area contributed by atoms with Crippen molar-refractivity contribution in [2.24, 2.45) is 0 Å². The number of aliphatic hydroxyl groups excluding tert-OH is 1. The Kier molecular flexibility index (Phi) is 5.33. The highest BCUT2D eigenvalue weighted by atomic mass is 19.1. The molecule has 0 spiro atoms. The normalized spacial score (nSPS) is 12.7. The fourth-order valence-corrected chi connectivity index (χ4v) is 1.52. The fraction of sp³-hybridized carbons (Fsp3) is 0.500. The Balaban J connectivity index is 2.88. The minimum absolute atomic E-state index is 0.320. The van der Waals surface area contributed by atoms with E-state index < -0.39 is 24.5 Å². The van der Waals surface area contributed by atoms with Gasteiger partial charge in [-0.1, -0.05) is 6.07 Å². The molecule has 0 aliphatic heterocycles. The van der Waals surface area contributed by atoms with Crippen LogP contribution in [0.3, 0.4) is 0 Å². The van der Waals surface area contributed by atoms with Crippen LogP contribution in [0.5, 0.6) is 5.75 Å². The second-order valence-corrected chi connectivity index (χ2v) is 5.26. The first-order valence-electron chi connectivity index (χ1n) is 6.19. The molecule has 1 aromatic carbocycles. The predicted octanol–water partition coefficient (Wildman–Crippen LogP) is 3.05. The van der Waals surface area contributed by atoms with Gasteiger partial charge in [0.2, 0.25) is 0 Å². The molecule has 0 heterocycles. The van der Waals surface area contributed by atoms with Crippen molar-refractivity contribution in [1.82, 2.24) is 0 Å². The summed E-state index contributed by atoms with van der Waals surface area (Å²) in [6, 6.07) is 4.51. The van der Waals surface area contributed by atoms with Crippen molar-refractivity contribution < 1.29 is 23.8 Å². The zero-order valence-corrected chi connectivity index (χ0v) is 12.1. The quantitative estimate of drug-likeness (QED) is 0.892. The molecule has 0 aromatic heterocycles. The number of aliphatic hydroxyl groups is 1. The average molecular weight is 285 g/mol. The van der Waals surface area contributed by atoms with Crippen LogP contribution in [0.25, 0.3) is 0 Å². The topological polar surface area (TPSA) is 67.8 Å². The lowest BCUT2D eigenvalue weighted by molar-refractivity contribution is 0.0635. The molecule has 0 radical (unpaired) electrons. The molecule has 0 saturated carbocycles. The molecular formula is C14H20FNO4. The summed E-state index contributed by atoms with van der Waals surface area (Å²) in [7, 11) is 1.42. The van der Waals surface area contributed by atoms with Crippen LogP contribution in [0.4, 0.5) is 14.9 Å². The predicted molar refractivity (Wildman–Crippen MR) is 73.8 cm³/mol. The van der Waals surface area contributed by atoms with Crippen molar-refractivity contribution >= 4 is 11.8 Å². The maximum atomic E-state index is 12.4. The zero-order chi connectivity index (χ0) is 15.3. The molecule has 1 amide bonds. The minimum atomic E-state index is -1.21. The Hall–Kier alpha value is -1.82. The molecule has 0 bridgehead atoms. The molecule has 5 nitrogen and oxygen atoms in total. The highest BCUT2D eigenvalue weighted by molar-refractivity contribution is 5.87. The number of carbonyl (C=O) groups is 1. The first-order chi connectivity index (χ1) is 9.26. The number of methoxy groups -OCH3 is 1. The summed E-state index contributed by atoms with van der Waals surface area (Å²) in [6.45, 7) is 4.38. The van der Waals surface area contributed by atoms with Gasteiger partial charge < -0.3 is 14.6 Å². The molecule has 0 fully saturated rings. The number of ether oxygens (including phenoxy) is 2. The van der Waals surface area contributed by atoms with E-state index in [1.165, 1.54) is 25.3 Å². The maximum absolute atomic E-state index is 12.4. The molecule has 1 aromatic rings. The van der Waals surface area contributed by atoms with Gasteiger partial charge in [0.15, 0.2) is 0 Å². The number of hydrogen-bond acceptors (Lipinski definition) is 4. The van der Waals surface area contributed by atoms with Crippen LogP contribution in [0.15, 0.2) is 18.2 Å². The van der Waals surface area contributed by atoms with Gasteiger partial charge in [0, 0.05) is 0 Å². The summed E-state index contributed by atoms with van der Waals surface area (Å²) < 4.78 is 22.7. The number of nitrogens with one attached hydrogen (secondary N) is 1. The molecule has 0 aliphatic rings. The second kappa shape index (κ2) is 6.56. The summed E-state index contributed by atoms with van der Waals surface area (Å²) in [5, 5.41) is 12.0. The van der Waals surface area contributed by atoms with E-state index in [4.69, 9.17) is 9.47 Å². The van der Waals surface area contributed by atoms with E-state index >= 15 is 0 Å². The molecule has 0 aliphatic carbocycles. The number of amides is 1. The largest absolute Gasteiger partial charge is 0.495 e. The second-order valence-electron chi connectivity index (χ2n) is 5.26. The van der Waals surface area contributed by atoms with Gasteiger partial charge in [0.1, 0.15) is 24.1 Å². The van der Waals surface area contributed by atoms with Crippen molar-refractivity contribution in [3.8, 4) is 5.75 Å². The number of rotatable bonds is 4. The SMILES string of the molecule is COc1cc(C(O)CF)ccc1NC(=O)OC(C)(C)C. The van der Waals surface area contributed by atoms with Crippen molar-refractivity contribution in [2.75, 3.05) is 19.1 Å². The van der Waals surface area contributed by atoms with Gasteiger partial charge in [0.25, 0.3) is 0 Å². The molecule has 2 N–H and O–H groups in total. The molecule has 6 heteroatoms. The third kappa shape index (κ3) is 4.70. The molecule has 0 saturated heterocycles. The number of alkyl halides is 1. The van der Waals surface area contributed by atoms with Gasteiger partial charge in [-0.2, -0.15) is 0 Å². The van der Waals surface area contributed by atoms with Gasteiger partial charge in [-0.3, -0.25) is 5.32 Å². The molecule has 112 valence electrons. The van der Waals surface area contributed by atoms with E-state index in [0.29, 0.717) is 17.0 Å². The standard InChI is InChI=1S/C14H20FNO4/c1-14(2,3)20-13(18)16-10-6-5-9(11(17)8-15)7-12(10)19-4/h5-7,11,17H,8H2,1-4H3,(H,16,18). The maximum Gasteiger partial charge on any atom is 0.412 e. The lowest BCUT2D eigenvalue weighted by Crippen LogP contribution is -2.27. The van der Waals surface area contributed by atoms with Crippen molar-refractivity contribution in [2.45, 2.75) is 32.5 Å². The third-order valence-corrected chi connectivity index (χ3v) is 2.39. The Labute approximate surface area is 117 Å². The van der Waals surface area contributed by atoms with Crippen LogP contribution < -0.4 is 10.1 Å². The Morgan fingerprint density at radius 2 is 2.10 bits per heavy atom. The average Bonchev–Trinajstić information content (AvgIpc) is 2.36.